The van der Waals surface area contributed by atoms with Crippen LogP contribution < -0.4 is 4.74 Å². The molecule has 0 saturated heterocycles. The van der Waals surface area contributed by atoms with Crippen molar-refractivity contribution in [1.29, 1.82) is 0 Å². The van der Waals surface area contributed by atoms with E-state index in [1.54, 1.807) is 6.92 Å². The number of carbonyl (C=O) groups is 1. The number of carboxylic acid groups (broad SMARTS) is 1. The van der Waals surface area contributed by atoms with E-state index >= 15 is 0 Å². The van der Waals surface area contributed by atoms with Crippen LogP contribution in [0.3, 0.4) is 0 Å². The summed E-state index contributed by atoms with van der Waals surface area (Å²) in [6, 6.07) is 8.29. The van der Waals surface area contributed by atoms with Crippen LogP contribution in [0.2, 0.25) is 0 Å². The number of ether oxygens (including phenoxy) is 1. The van der Waals surface area contributed by atoms with Crippen molar-refractivity contribution in [3.63, 3.8) is 0 Å². The molecule has 2 unspecified atom stereocenters. The summed E-state index contributed by atoms with van der Waals surface area (Å²) in [5, 5.41) is 9.17. The number of fused-ring (bicyclic) bond motifs is 1. The molecule has 2 rings (SSSR count). The predicted octanol–water partition coefficient (Wildman–Crippen LogP) is 3.33. The van der Waals surface area contributed by atoms with Gasteiger partial charge in [0.2, 0.25) is 0 Å². The molecule has 1 aliphatic rings. The average Bonchev–Trinajstić information content (AvgIpc) is 2.42. The first-order valence-electron chi connectivity index (χ1n) is 7.59. The van der Waals surface area contributed by atoms with Crippen LogP contribution in [-0.2, 0) is 4.79 Å². The Morgan fingerprint density at radius 1 is 1.48 bits per heavy atom. The number of hydrogen-bond donors (Lipinski definition) is 1. The number of para-hydroxylation sites is 1. The molecule has 0 radical (unpaired) electrons. The van der Waals surface area contributed by atoms with E-state index in [0.717, 1.165) is 24.3 Å². The predicted molar refractivity (Wildman–Crippen MR) is 82.6 cm³/mol. The maximum absolute atomic E-state index is 11.2. The minimum atomic E-state index is -0.743. The van der Waals surface area contributed by atoms with E-state index in [0.29, 0.717) is 6.54 Å². The Hall–Kier alpha value is -1.55. The lowest BCUT2D eigenvalue weighted by Crippen LogP contribution is -2.43. The second-order valence-electron chi connectivity index (χ2n) is 6.45. The molecular weight excluding hydrogens is 266 g/mol. The fourth-order valence-corrected chi connectivity index (χ4v) is 3.00. The van der Waals surface area contributed by atoms with Gasteiger partial charge in [-0.1, -0.05) is 32.0 Å². The van der Waals surface area contributed by atoms with E-state index in [-0.39, 0.29) is 17.6 Å². The third-order valence-electron chi connectivity index (χ3n) is 4.13. The van der Waals surface area contributed by atoms with Gasteiger partial charge in [0.15, 0.2) is 0 Å². The van der Waals surface area contributed by atoms with Crippen molar-refractivity contribution in [2.45, 2.75) is 45.8 Å². The summed E-state index contributed by atoms with van der Waals surface area (Å²) in [6.45, 7) is 9.41. The Balaban J connectivity index is 2.30. The zero-order valence-corrected chi connectivity index (χ0v) is 13.3. The van der Waals surface area contributed by atoms with Crippen LogP contribution in [0.5, 0.6) is 5.75 Å². The van der Waals surface area contributed by atoms with Gasteiger partial charge >= 0.3 is 5.97 Å². The maximum Gasteiger partial charge on any atom is 0.307 e. The molecule has 21 heavy (non-hydrogen) atoms. The molecule has 0 saturated carbocycles. The van der Waals surface area contributed by atoms with Crippen LogP contribution >= 0.6 is 0 Å². The highest BCUT2D eigenvalue weighted by Crippen LogP contribution is 2.42. The number of hydrogen-bond acceptors (Lipinski definition) is 3. The topological polar surface area (TPSA) is 49.8 Å². The fraction of sp³-hybridized carbons (Fsp3) is 0.588. The van der Waals surface area contributed by atoms with Crippen molar-refractivity contribution in [1.82, 2.24) is 4.90 Å². The number of benzene rings is 1. The van der Waals surface area contributed by atoms with Gasteiger partial charge < -0.3 is 9.84 Å². The SMILES string of the molecule is CCN(CC(C)C(=O)O)C1CC(C)(C)Oc2ccccc21. The molecule has 1 aliphatic heterocycles. The third kappa shape index (κ3) is 3.56. The van der Waals surface area contributed by atoms with Crippen LogP contribution in [0.1, 0.15) is 45.7 Å². The highest BCUT2D eigenvalue weighted by molar-refractivity contribution is 5.69. The third-order valence-corrected chi connectivity index (χ3v) is 4.13. The average molecular weight is 291 g/mol. The highest BCUT2D eigenvalue weighted by atomic mass is 16.5. The molecule has 0 aliphatic carbocycles. The van der Waals surface area contributed by atoms with Crippen molar-refractivity contribution < 1.29 is 14.6 Å². The summed E-state index contributed by atoms with van der Waals surface area (Å²) in [7, 11) is 0. The second kappa shape index (κ2) is 6.06. The summed E-state index contributed by atoms with van der Waals surface area (Å²) in [5.74, 6) is -0.198. The van der Waals surface area contributed by atoms with Gasteiger partial charge in [-0.15, -0.1) is 0 Å². The van der Waals surface area contributed by atoms with Crippen molar-refractivity contribution >= 4 is 5.97 Å². The molecule has 4 heteroatoms. The van der Waals surface area contributed by atoms with Crippen LogP contribution in [0.4, 0.5) is 0 Å². The lowest BCUT2D eigenvalue weighted by molar-refractivity contribution is -0.142. The molecule has 1 N–H and O–H groups in total. The lowest BCUT2D eigenvalue weighted by Gasteiger charge is -2.42. The van der Waals surface area contributed by atoms with E-state index in [1.165, 1.54) is 0 Å². The fourth-order valence-electron chi connectivity index (χ4n) is 3.00. The Morgan fingerprint density at radius 3 is 2.76 bits per heavy atom. The van der Waals surface area contributed by atoms with E-state index in [9.17, 15) is 9.90 Å². The first-order chi connectivity index (χ1) is 9.84. The van der Waals surface area contributed by atoms with Gasteiger partial charge in [-0.3, -0.25) is 9.69 Å². The summed E-state index contributed by atoms with van der Waals surface area (Å²) >= 11 is 0. The van der Waals surface area contributed by atoms with Gasteiger partial charge in [0.05, 0.1) is 5.92 Å². The summed E-state index contributed by atoms with van der Waals surface area (Å²) in [6.07, 6.45) is 0.865. The first-order valence-corrected chi connectivity index (χ1v) is 7.59. The summed E-state index contributed by atoms with van der Waals surface area (Å²) in [5.41, 5.74) is 0.926. The van der Waals surface area contributed by atoms with Crippen molar-refractivity contribution in [2.24, 2.45) is 5.92 Å². The normalized spacial score (nSPS) is 21.5. The first kappa shape index (κ1) is 15.8. The van der Waals surface area contributed by atoms with E-state index < -0.39 is 5.97 Å². The summed E-state index contributed by atoms with van der Waals surface area (Å²) in [4.78, 5) is 13.4. The molecule has 4 nitrogen and oxygen atoms in total. The van der Waals surface area contributed by atoms with Crippen LogP contribution in [0.15, 0.2) is 24.3 Å². The number of rotatable bonds is 5. The summed E-state index contributed by atoms with van der Waals surface area (Å²) < 4.78 is 6.05. The molecular formula is C17H25NO3. The molecule has 1 aromatic carbocycles. The van der Waals surface area contributed by atoms with E-state index in [1.807, 2.05) is 18.2 Å². The monoisotopic (exact) mass is 291 g/mol. The molecule has 0 aromatic heterocycles. The van der Waals surface area contributed by atoms with Crippen molar-refractivity contribution in [2.75, 3.05) is 13.1 Å². The molecule has 0 bridgehead atoms. The molecule has 0 amide bonds. The van der Waals surface area contributed by atoms with Gasteiger partial charge in [0.25, 0.3) is 0 Å². The van der Waals surface area contributed by atoms with Crippen LogP contribution in [0.25, 0.3) is 0 Å². The van der Waals surface area contributed by atoms with Crippen LogP contribution in [0, 0.1) is 5.92 Å². The zero-order valence-electron chi connectivity index (χ0n) is 13.3. The minimum Gasteiger partial charge on any atom is -0.487 e. The molecule has 116 valence electrons. The molecule has 0 fully saturated rings. The molecule has 0 spiro atoms. The second-order valence-corrected chi connectivity index (χ2v) is 6.45. The lowest BCUT2D eigenvalue weighted by atomic mass is 9.88. The highest BCUT2D eigenvalue weighted by Gasteiger charge is 2.36. The largest absolute Gasteiger partial charge is 0.487 e. The van der Waals surface area contributed by atoms with Gasteiger partial charge in [0, 0.05) is 24.6 Å². The van der Waals surface area contributed by atoms with E-state index in [2.05, 4.69) is 31.7 Å². The van der Waals surface area contributed by atoms with Crippen molar-refractivity contribution in [3.8, 4) is 5.75 Å². The molecule has 1 aromatic rings. The molecule has 1 heterocycles. The van der Waals surface area contributed by atoms with Gasteiger partial charge in [-0.05, 0) is 26.5 Å². The van der Waals surface area contributed by atoms with E-state index in [4.69, 9.17) is 4.74 Å². The van der Waals surface area contributed by atoms with Gasteiger partial charge in [-0.25, -0.2) is 0 Å². The minimum absolute atomic E-state index is 0.205. The smallest absolute Gasteiger partial charge is 0.307 e. The molecule has 2 atom stereocenters. The van der Waals surface area contributed by atoms with Crippen LogP contribution in [-0.4, -0.2) is 34.7 Å². The number of nitrogens with zero attached hydrogens (tertiary/aromatic N) is 1. The number of carboxylic acids is 1. The Kier molecular flexibility index (Phi) is 4.57. The van der Waals surface area contributed by atoms with Gasteiger partial charge in [0.1, 0.15) is 11.4 Å². The quantitative estimate of drug-likeness (QED) is 0.904. The Bertz CT molecular complexity index is 513. The Morgan fingerprint density at radius 2 is 2.14 bits per heavy atom. The standard InChI is InChI=1S/C17H25NO3/c1-5-18(11-12(2)16(19)20)14-10-17(3,4)21-15-9-7-6-8-13(14)15/h6-9,12,14H,5,10-11H2,1-4H3,(H,19,20). The maximum atomic E-state index is 11.2. The number of aliphatic carboxylic acids is 1. The Labute approximate surface area is 126 Å². The van der Waals surface area contributed by atoms with Gasteiger partial charge in [-0.2, -0.15) is 0 Å². The zero-order chi connectivity index (χ0) is 15.6. The van der Waals surface area contributed by atoms with Crippen molar-refractivity contribution in [3.05, 3.63) is 29.8 Å².